The molecule has 0 heterocycles. The maximum atomic E-state index is 13.8. The van der Waals surface area contributed by atoms with E-state index in [-0.39, 0.29) is 11.6 Å². The standard InChI is InChI=1S/C15H15ClFN3O/c1-20(2)15(21)9-3-5-12(18)14(7-9)19-13-6-4-10(16)8-11(13)17/h3-8,19H,18H2,1-2H3. The Morgan fingerprint density at radius 3 is 2.52 bits per heavy atom. The molecule has 2 aromatic carbocycles. The van der Waals surface area contributed by atoms with Gasteiger partial charge in [0.05, 0.1) is 17.1 Å². The molecule has 4 nitrogen and oxygen atoms in total. The molecule has 0 aromatic heterocycles. The van der Waals surface area contributed by atoms with Crippen LogP contribution in [0, 0.1) is 5.82 Å². The minimum Gasteiger partial charge on any atom is -0.397 e. The zero-order chi connectivity index (χ0) is 15.6. The Labute approximate surface area is 127 Å². The molecule has 21 heavy (non-hydrogen) atoms. The first-order chi connectivity index (χ1) is 9.88. The lowest BCUT2D eigenvalue weighted by molar-refractivity contribution is 0.0827. The monoisotopic (exact) mass is 307 g/mol. The van der Waals surface area contributed by atoms with Crippen LogP contribution in [0.15, 0.2) is 36.4 Å². The molecule has 0 saturated heterocycles. The number of anilines is 3. The Bertz CT molecular complexity index is 689. The number of nitrogens with two attached hydrogens (primary N) is 1. The smallest absolute Gasteiger partial charge is 0.253 e. The Kier molecular flexibility index (Phi) is 4.33. The molecular formula is C15H15ClFN3O. The van der Waals surface area contributed by atoms with Crippen molar-refractivity contribution in [1.29, 1.82) is 0 Å². The minimum absolute atomic E-state index is 0.158. The number of benzene rings is 2. The Morgan fingerprint density at radius 1 is 1.19 bits per heavy atom. The first-order valence-electron chi connectivity index (χ1n) is 6.21. The minimum atomic E-state index is -0.494. The zero-order valence-corrected chi connectivity index (χ0v) is 12.4. The maximum absolute atomic E-state index is 13.8. The van der Waals surface area contributed by atoms with Crippen LogP contribution in [-0.4, -0.2) is 24.9 Å². The van der Waals surface area contributed by atoms with Gasteiger partial charge in [0, 0.05) is 24.7 Å². The van der Waals surface area contributed by atoms with Crippen molar-refractivity contribution in [3.05, 3.63) is 52.8 Å². The van der Waals surface area contributed by atoms with E-state index in [2.05, 4.69) is 5.32 Å². The molecule has 2 rings (SSSR count). The second-order valence-electron chi connectivity index (χ2n) is 4.75. The van der Waals surface area contributed by atoms with Gasteiger partial charge in [0.1, 0.15) is 5.82 Å². The van der Waals surface area contributed by atoms with Crippen molar-refractivity contribution < 1.29 is 9.18 Å². The number of hydrogen-bond donors (Lipinski definition) is 2. The van der Waals surface area contributed by atoms with Gasteiger partial charge in [-0.25, -0.2) is 4.39 Å². The molecule has 6 heteroatoms. The highest BCUT2D eigenvalue weighted by Gasteiger charge is 2.11. The summed E-state index contributed by atoms with van der Waals surface area (Å²) in [6, 6.07) is 9.10. The highest BCUT2D eigenvalue weighted by Crippen LogP contribution is 2.27. The number of halogens is 2. The summed E-state index contributed by atoms with van der Waals surface area (Å²) in [5.41, 5.74) is 7.44. The molecule has 0 aliphatic heterocycles. The fourth-order valence-electron chi connectivity index (χ4n) is 1.79. The number of carbonyl (C=O) groups excluding carboxylic acids is 1. The van der Waals surface area contributed by atoms with E-state index in [1.54, 1.807) is 38.4 Å². The maximum Gasteiger partial charge on any atom is 0.253 e. The highest BCUT2D eigenvalue weighted by molar-refractivity contribution is 6.30. The fourth-order valence-corrected chi connectivity index (χ4v) is 1.95. The van der Waals surface area contributed by atoms with Gasteiger partial charge in [-0.1, -0.05) is 11.6 Å². The van der Waals surface area contributed by atoms with E-state index >= 15 is 0 Å². The summed E-state index contributed by atoms with van der Waals surface area (Å²) in [7, 11) is 3.31. The van der Waals surface area contributed by atoms with Gasteiger partial charge in [-0.3, -0.25) is 4.79 Å². The molecule has 0 aliphatic carbocycles. The lowest BCUT2D eigenvalue weighted by Gasteiger charge is -2.14. The van der Waals surface area contributed by atoms with Gasteiger partial charge in [-0.15, -0.1) is 0 Å². The summed E-state index contributed by atoms with van der Waals surface area (Å²) in [6.45, 7) is 0. The zero-order valence-electron chi connectivity index (χ0n) is 11.7. The van der Waals surface area contributed by atoms with Crippen LogP contribution < -0.4 is 11.1 Å². The van der Waals surface area contributed by atoms with Crippen LogP contribution in [0.5, 0.6) is 0 Å². The Morgan fingerprint density at radius 2 is 1.90 bits per heavy atom. The molecule has 3 N–H and O–H groups in total. The van der Waals surface area contributed by atoms with Gasteiger partial charge in [-0.2, -0.15) is 0 Å². The number of rotatable bonds is 3. The largest absolute Gasteiger partial charge is 0.397 e. The van der Waals surface area contributed by atoms with Crippen molar-refractivity contribution in [3.63, 3.8) is 0 Å². The number of carbonyl (C=O) groups is 1. The summed E-state index contributed by atoms with van der Waals surface area (Å²) in [5, 5.41) is 3.18. The van der Waals surface area contributed by atoms with Gasteiger partial charge in [0.15, 0.2) is 0 Å². The predicted octanol–water partition coefficient (Wildman–Crippen LogP) is 3.51. The third-order valence-electron chi connectivity index (χ3n) is 2.91. The number of hydrogen-bond acceptors (Lipinski definition) is 3. The van der Waals surface area contributed by atoms with Gasteiger partial charge >= 0.3 is 0 Å². The lowest BCUT2D eigenvalue weighted by Crippen LogP contribution is -2.21. The summed E-state index contributed by atoms with van der Waals surface area (Å²) in [6.07, 6.45) is 0. The number of nitrogens with one attached hydrogen (secondary N) is 1. The van der Waals surface area contributed by atoms with E-state index in [4.69, 9.17) is 17.3 Å². The number of nitrogen functional groups attached to an aromatic ring is 1. The highest BCUT2D eigenvalue weighted by atomic mass is 35.5. The van der Waals surface area contributed by atoms with Crippen LogP contribution in [0.2, 0.25) is 5.02 Å². The third-order valence-corrected chi connectivity index (χ3v) is 3.14. The van der Waals surface area contributed by atoms with Crippen molar-refractivity contribution >= 4 is 34.6 Å². The van der Waals surface area contributed by atoms with Crippen LogP contribution in [0.1, 0.15) is 10.4 Å². The van der Waals surface area contributed by atoms with Crippen LogP contribution in [-0.2, 0) is 0 Å². The topological polar surface area (TPSA) is 58.4 Å². The van der Waals surface area contributed by atoms with E-state index in [0.29, 0.717) is 22.0 Å². The molecule has 0 unspecified atom stereocenters. The summed E-state index contributed by atoms with van der Waals surface area (Å²) >= 11 is 5.71. The molecule has 0 saturated carbocycles. The third kappa shape index (κ3) is 3.44. The second kappa shape index (κ2) is 6.01. The summed E-state index contributed by atoms with van der Waals surface area (Å²) < 4.78 is 13.8. The molecule has 110 valence electrons. The fraction of sp³-hybridized carbons (Fsp3) is 0.133. The van der Waals surface area contributed by atoms with Crippen molar-refractivity contribution in [2.24, 2.45) is 0 Å². The van der Waals surface area contributed by atoms with E-state index in [1.807, 2.05) is 0 Å². The first kappa shape index (κ1) is 15.1. The predicted molar refractivity (Wildman–Crippen MR) is 83.6 cm³/mol. The summed E-state index contributed by atoms with van der Waals surface area (Å²) in [5.74, 6) is -0.652. The molecule has 0 radical (unpaired) electrons. The normalized spacial score (nSPS) is 10.3. The second-order valence-corrected chi connectivity index (χ2v) is 5.19. The van der Waals surface area contributed by atoms with Gasteiger partial charge in [0.25, 0.3) is 5.91 Å². The first-order valence-corrected chi connectivity index (χ1v) is 6.59. The van der Waals surface area contributed by atoms with Crippen molar-refractivity contribution in [2.45, 2.75) is 0 Å². The average Bonchev–Trinajstić information content (AvgIpc) is 2.43. The lowest BCUT2D eigenvalue weighted by atomic mass is 10.1. The van der Waals surface area contributed by atoms with E-state index in [9.17, 15) is 9.18 Å². The molecule has 0 bridgehead atoms. The number of amides is 1. The van der Waals surface area contributed by atoms with Crippen LogP contribution in [0.4, 0.5) is 21.5 Å². The molecule has 0 spiro atoms. The van der Waals surface area contributed by atoms with Crippen molar-refractivity contribution in [1.82, 2.24) is 4.90 Å². The van der Waals surface area contributed by atoms with Gasteiger partial charge in [0.2, 0.25) is 0 Å². The molecule has 0 fully saturated rings. The number of nitrogens with zero attached hydrogens (tertiary/aromatic N) is 1. The van der Waals surface area contributed by atoms with E-state index in [1.165, 1.54) is 17.0 Å². The van der Waals surface area contributed by atoms with Gasteiger partial charge in [-0.05, 0) is 36.4 Å². The van der Waals surface area contributed by atoms with Crippen LogP contribution >= 0.6 is 11.6 Å². The van der Waals surface area contributed by atoms with E-state index in [0.717, 1.165) is 0 Å². The van der Waals surface area contributed by atoms with Crippen LogP contribution in [0.25, 0.3) is 0 Å². The van der Waals surface area contributed by atoms with Crippen molar-refractivity contribution in [2.75, 3.05) is 25.1 Å². The molecule has 0 aliphatic rings. The molecule has 0 atom stereocenters. The summed E-state index contributed by atoms with van der Waals surface area (Å²) in [4.78, 5) is 13.4. The molecular weight excluding hydrogens is 293 g/mol. The SMILES string of the molecule is CN(C)C(=O)c1ccc(N)c(Nc2ccc(Cl)cc2F)c1. The molecule has 2 aromatic rings. The van der Waals surface area contributed by atoms with Crippen molar-refractivity contribution in [3.8, 4) is 0 Å². The van der Waals surface area contributed by atoms with Gasteiger partial charge < -0.3 is 16.0 Å². The molecule has 1 amide bonds. The van der Waals surface area contributed by atoms with E-state index < -0.39 is 5.82 Å². The Hall–Kier alpha value is -2.27. The van der Waals surface area contributed by atoms with Crippen LogP contribution in [0.3, 0.4) is 0 Å². The Balaban J connectivity index is 2.35. The average molecular weight is 308 g/mol. The quantitative estimate of drug-likeness (QED) is 0.853.